The van der Waals surface area contributed by atoms with Gasteiger partial charge in [-0.05, 0) is 32.6 Å². The number of ether oxygens (including phenoxy) is 1. The molecule has 1 fully saturated rings. The van der Waals surface area contributed by atoms with Crippen LogP contribution in [-0.2, 0) is 0 Å². The van der Waals surface area contributed by atoms with Crippen molar-refractivity contribution in [3.63, 3.8) is 0 Å². The molecule has 1 aliphatic rings. The summed E-state index contributed by atoms with van der Waals surface area (Å²) in [6.45, 7) is 4.50. The van der Waals surface area contributed by atoms with Crippen LogP contribution >= 0.6 is 0 Å². The fraction of sp³-hybridized carbons (Fsp3) is 0.500. The van der Waals surface area contributed by atoms with E-state index in [9.17, 15) is 0 Å². The predicted octanol–water partition coefficient (Wildman–Crippen LogP) is 1.77. The lowest BCUT2D eigenvalue weighted by Gasteiger charge is -2.13. The van der Waals surface area contributed by atoms with Gasteiger partial charge in [0, 0.05) is 11.8 Å². The van der Waals surface area contributed by atoms with Crippen LogP contribution in [0.4, 0.5) is 0 Å². The third kappa shape index (κ3) is 2.32. The van der Waals surface area contributed by atoms with Gasteiger partial charge in [0.2, 0.25) is 0 Å². The van der Waals surface area contributed by atoms with Crippen LogP contribution in [0.3, 0.4) is 0 Å². The minimum atomic E-state index is 0.0239. The Balaban J connectivity index is 2.27. The van der Waals surface area contributed by atoms with Gasteiger partial charge in [0.25, 0.3) is 0 Å². The van der Waals surface area contributed by atoms with E-state index in [2.05, 4.69) is 4.98 Å². The first kappa shape index (κ1) is 10.9. The van der Waals surface area contributed by atoms with Crippen molar-refractivity contribution in [1.82, 2.24) is 4.98 Å². The normalized spacial score (nSPS) is 14.9. The minimum absolute atomic E-state index is 0.0239. The van der Waals surface area contributed by atoms with Crippen molar-refractivity contribution in [2.24, 2.45) is 11.7 Å². The van der Waals surface area contributed by atoms with Gasteiger partial charge in [-0.2, -0.15) is 0 Å². The molecule has 1 aliphatic carbocycles. The first-order valence-corrected chi connectivity index (χ1v) is 5.53. The van der Waals surface area contributed by atoms with E-state index in [-0.39, 0.29) is 5.84 Å². The first-order chi connectivity index (χ1) is 7.58. The van der Waals surface area contributed by atoms with Crippen molar-refractivity contribution < 1.29 is 4.74 Å². The summed E-state index contributed by atoms with van der Waals surface area (Å²) in [4.78, 5) is 4.30. The second-order valence-electron chi connectivity index (χ2n) is 4.39. The quantitative estimate of drug-likeness (QED) is 0.598. The molecule has 16 heavy (non-hydrogen) atoms. The van der Waals surface area contributed by atoms with Crippen LogP contribution in [0.2, 0.25) is 0 Å². The fourth-order valence-corrected chi connectivity index (χ4v) is 1.73. The summed E-state index contributed by atoms with van der Waals surface area (Å²) in [5.41, 5.74) is 7.84. The highest BCUT2D eigenvalue weighted by molar-refractivity contribution is 5.98. The maximum absolute atomic E-state index is 7.55. The van der Waals surface area contributed by atoms with Gasteiger partial charge in [0.15, 0.2) is 0 Å². The van der Waals surface area contributed by atoms with Crippen molar-refractivity contribution >= 4 is 5.84 Å². The van der Waals surface area contributed by atoms with E-state index >= 15 is 0 Å². The minimum Gasteiger partial charge on any atom is -0.492 e. The van der Waals surface area contributed by atoms with E-state index in [1.54, 1.807) is 0 Å². The average molecular weight is 219 g/mol. The Morgan fingerprint density at radius 2 is 2.25 bits per heavy atom. The van der Waals surface area contributed by atoms with E-state index in [0.29, 0.717) is 17.2 Å². The van der Waals surface area contributed by atoms with Gasteiger partial charge in [-0.3, -0.25) is 10.4 Å². The molecule has 1 aromatic heterocycles. The average Bonchev–Trinajstić information content (AvgIpc) is 2.95. The van der Waals surface area contributed by atoms with Gasteiger partial charge in [-0.15, -0.1) is 0 Å². The molecule has 4 nitrogen and oxygen atoms in total. The smallest absolute Gasteiger partial charge is 0.133 e. The van der Waals surface area contributed by atoms with Crippen molar-refractivity contribution in [2.45, 2.75) is 26.7 Å². The topological polar surface area (TPSA) is 72.0 Å². The number of hydrogen-bond acceptors (Lipinski definition) is 3. The third-order valence-corrected chi connectivity index (χ3v) is 2.73. The zero-order chi connectivity index (χ0) is 11.7. The molecule has 0 radical (unpaired) electrons. The molecule has 2 rings (SSSR count). The monoisotopic (exact) mass is 219 g/mol. The molecular formula is C12H17N3O. The maximum Gasteiger partial charge on any atom is 0.133 e. The molecule has 0 atom stereocenters. The standard InChI is InChI=1S/C12H17N3O/c1-7-5-10(16-6-9-3-4-9)11(12(13)14)8(2)15-7/h5,9H,3-4,6H2,1-2H3,(H3,13,14). The van der Waals surface area contributed by atoms with E-state index in [0.717, 1.165) is 18.0 Å². The lowest BCUT2D eigenvalue weighted by atomic mass is 10.1. The number of nitrogens with two attached hydrogens (primary N) is 1. The summed E-state index contributed by atoms with van der Waals surface area (Å²) >= 11 is 0. The molecule has 0 unspecified atom stereocenters. The molecule has 1 aromatic rings. The Labute approximate surface area is 95.3 Å². The van der Waals surface area contributed by atoms with Crippen LogP contribution in [0.25, 0.3) is 0 Å². The number of aryl methyl sites for hydroxylation is 2. The predicted molar refractivity (Wildman–Crippen MR) is 62.9 cm³/mol. The maximum atomic E-state index is 7.55. The van der Waals surface area contributed by atoms with Gasteiger partial charge >= 0.3 is 0 Å². The fourth-order valence-electron chi connectivity index (χ4n) is 1.73. The molecule has 86 valence electrons. The number of nitrogens with zero attached hydrogens (tertiary/aromatic N) is 1. The molecule has 1 saturated carbocycles. The highest BCUT2D eigenvalue weighted by Gasteiger charge is 2.23. The number of rotatable bonds is 4. The first-order valence-electron chi connectivity index (χ1n) is 5.53. The zero-order valence-electron chi connectivity index (χ0n) is 9.71. The SMILES string of the molecule is Cc1cc(OCC2CC2)c(C(=N)N)c(C)n1. The molecule has 0 spiro atoms. The van der Waals surface area contributed by atoms with Crippen LogP contribution in [0.5, 0.6) is 5.75 Å². The largest absolute Gasteiger partial charge is 0.492 e. The Hall–Kier alpha value is -1.58. The van der Waals surface area contributed by atoms with Crippen LogP contribution in [0, 0.1) is 25.2 Å². The van der Waals surface area contributed by atoms with E-state index < -0.39 is 0 Å². The second-order valence-corrected chi connectivity index (χ2v) is 4.39. The van der Waals surface area contributed by atoms with Crippen molar-refractivity contribution in [2.75, 3.05) is 6.61 Å². The number of nitrogens with one attached hydrogen (secondary N) is 1. The van der Waals surface area contributed by atoms with Crippen LogP contribution in [0.1, 0.15) is 29.8 Å². The Morgan fingerprint density at radius 1 is 1.56 bits per heavy atom. The van der Waals surface area contributed by atoms with E-state index in [1.165, 1.54) is 12.8 Å². The van der Waals surface area contributed by atoms with E-state index in [4.69, 9.17) is 15.9 Å². The molecule has 0 aromatic carbocycles. The molecule has 0 aliphatic heterocycles. The van der Waals surface area contributed by atoms with Gasteiger partial charge in [-0.25, -0.2) is 0 Å². The van der Waals surface area contributed by atoms with Gasteiger partial charge in [0.1, 0.15) is 11.6 Å². The number of hydrogen-bond donors (Lipinski definition) is 2. The molecular weight excluding hydrogens is 202 g/mol. The molecule has 0 amide bonds. The van der Waals surface area contributed by atoms with Crippen LogP contribution < -0.4 is 10.5 Å². The van der Waals surface area contributed by atoms with Crippen molar-refractivity contribution in [1.29, 1.82) is 5.41 Å². The van der Waals surface area contributed by atoms with Crippen molar-refractivity contribution in [3.8, 4) is 5.75 Å². The van der Waals surface area contributed by atoms with Crippen molar-refractivity contribution in [3.05, 3.63) is 23.0 Å². The number of pyridine rings is 1. The third-order valence-electron chi connectivity index (χ3n) is 2.73. The van der Waals surface area contributed by atoms with E-state index in [1.807, 2.05) is 19.9 Å². The van der Waals surface area contributed by atoms with Gasteiger partial charge < -0.3 is 10.5 Å². The van der Waals surface area contributed by atoms with Crippen LogP contribution in [-0.4, -0.2) is 17.4 Å². The highest BCUT2D eigenvalue weighted by Crippen LogP contribution is 2.30. The highest BCUT2D eigenvalue weighted by atomic mass is 16.5. The molecule has 0 bridgehead atoms. The lowest BCUT2D eigenvalue weighted by Crippen LogP contribution is -2.16. The summed E-state index contributed by atoms with van der Waals surface area (Å²) in [6.07, 6.45) is 2.50. The number of aromatic nitrogens is 1. The number of amidine groups is 1. The Bertz CT molecular complexity index is 425. The molecule has 3 N–H and O–H groups in total. The summed E-state index contributed by atoms with van der Waals surface area (Å²) in [5, 5.41) is 7.55. The second kappa shape index (κ2) is 4.12. The zero-order valence-corrected chi connectivity index (χ0v) is 9.71. The summed E-state index contributed by atoms with van der Waals surface area (Å²) in [6, 6.07) is 1.85. The number of nitrogen functional groups attached to an aromatic ring is 1. The summed E-state index contributed by atoms with van der Waals surface area (Å²) in [7, 11) is 0. The Morgan fingerprint density at radius 3 is 2.81 bits per heavy atom. The summed E-state index contributed by atoms with van der Waals surface area (Å²) < 4.78 is 5.72. The molecule has 1 heterocycles. The Kier molecular flexibility index (Phi) is 2.81. The lowest BCUT2D eigenvalue weighted by molar-refractivity contribution is 0.298. The molecule has 0 saturated heterocycles. The van der Waals surface area contributed by atoms with Crippen LogP contribution in [0.15, 0.2) is 6.07 Å². The van der Waals surface area contributed by atoms with Gasteiger partial charge in [0.05, 0.1) is 17.9 Å². The van der Waals surface area contributed by atoms with Gasteiger partial charge in [-0.1, -0.05) is 0 Å². The molecule has 4 heteroatoms. The summed E-state index contributed by atoms with van der Waals surface area (Å²) in [5.74, 6) is 1.41.